The molecule has 21 heavy (non-hydrogen) atoms. The van der Waals surface area contributed by atoms with Gasteiger partial charge in [0.25, 0.3) is 5.91 Å². The van der Waals surface area contributed by atoms with Crippen LogP contribution in [-0.2, 0) is 14.8 Å². The number of amides is 1. The number of halogens is 3. The Morgan fingerprint density at radius 3 is 2.05 bits per heavy atom. The van der Waals surface area contributed by atoms with Crippen molar-refractivity contribution in [2.24, 2.45) is 5.73 Å². The predicted molar refractivity (Wildman–Crippen MR) is 70.0 cm³/mol. The lowest BCUT2D eigenvalue weighted by molar-refractivity contribution is -0.184. The number of rotatable bonds is 4. The number of alkyl halides is 3. The molecule has 0 fully saturated rings. The van der Waals surface area contributed by atoms with Crippen molar-refractivity contribution in [1.29, 1.82) is 0 Å². The zero-order chi connectivity index (χ0) is 16.5. The summed E-state index contributed by atoms with van der Waals surface area (Å²) in [6.45, 7) is 0.544. The van der Waals surface area contributed by atoms with Gasteiger partial charge in [-0.15, -0.1) is 0 Å². The van der Waals surface area contributed by atoms with Crippen molar-refractivity contribution in [3.8, 4) is 0 Å². The molecular weight excluding hydrogens is 311 g/mol. The minimum absolute atomic E-state index is 0.00372. The van der Waals surface area contributed by atoms with Crippen molar-refractivity contribution in [2.45, 2.75) is 23.5 Å². The van der Waals surface area contributed by atoms with E-state index in [-0.39, 0.29) is 10.6 Å². The molecule has 0 spiro atoms. The largest absolute Gasteiger partial charge is 0.415 e. The average molecular weight is 325 g/mol. The number of hydrogen-bond acceptors (Lipinski definition) is 4. The predicted octanol–water partition coefficient (Wildman–Crippen LogP) is 0.813. The summed E-state index contributed by atoms with van der Waals surface area (Å²) in [5.74, 6) is -1.45. The summed E-state index contributed by atoms with van der Waals surface area (Å²) in [6.07, 6.45) is -4.91. The molecule has 0 aromatic heterocycles. The fourth-order valence-electron chi connectivity index (χ4n) is 1.22. The van der Waals surface area contributed by atoms with Crippen LogP contribution in [0.15, 0.2) is 29.2 Å². The van der Waals surface area contributed by atoms with Gasteiger partial charge in [0.1, 0.15) is 0 Å². The van der Waals surface area contributed by atoms with Gasteiger partial charge in [-0.05, 0) is 38.2 Å². The summed E-state index contributed by atoms with van der Waals surface area (Å²) in [6, 6.07) is 4.61. The normalized spacial score (nSPS) is 15.3. The maximum atomic E-state index is 12.6. The van der Waals surface area contributed by atoms with Gasteiger partial charge in [0.15, 0.2) is 5.54 Å². The Balaban J connectivity index is 2.94. The second-order valence-electron chi connectivity index (χ2n) is 4.39. The Hall–Kier alpha value is -1.65. The quantitative estimate of drug-likeness (QED) is 0.762. The zero-order valence-electron chi connectivity index (χ0n) is 11.2. The Bertz CT molecular complexity index is 624. The monoisotopic (exact) mass is 325 g/mol. The molecule has 0 heterocycles. The Morgan fingerprint density at radius 2 is 1.67 bits per heavy atom. The minimum Gasteiger partial charge on any atom is -0.324 e. The lowest BCUT2D eigenvalue weighted by atomic mass is 10.0. The molecule has 0 aliphatic rings. The van der Waals surface area contributed by atoms with Crippen LogP contribution >= 0.6 is 0 Å². The van der Waals surface area contributed by atoms with Crippen LogP contribution in [0, 0.1) is 0 Å². The third-order valence-corrected chi connectivity index (χ3v) is 4.18. The van der Waals surface area contributed by atoms with E-state index in [1.54, 1.807) is 0 Å². The van der Waals surface area contributed by atoms with Crippen LogP contribution in [0.4, 0.5) is 18.9 Å². The molecular formula is C11H14F3N3O3S. The molecule has 0 saturated heterocycles. The molecule has 10 heteroatoms. The van der Waals surface area contributed by atoms with Gasteiger partial charge in [0.05, 0.1) is 4.90 Å². The molecule has 4 N–H and O–H groups in total. The average Bonchev–Trinajstić information content (AvgIpc) is 2.38. The molecule has 0 radical (unpaired) electrons. The molecule has 1 unspecified atom stereocenters. The SMILES string of the molecule is CNS(=O)(=O)c1ccc(NC(=O)C(C)(N)C(F)(F)F)cc1. The third kappa shape index (κ3) is 3.71. The highest BCUT2D eigenvalue weighted by Gasteiger charge is 2.53. The van der Waals surface area contributed by atoms with E-state index >= 15 is 0 Å². The van der Waals surface area contributed by atoms with Gasteiger partial charge < -0.3 is 11.1 Å². The van der Waals surface area contributed by atoms with E-state index in [1.807, 2.05) is 5.32 Å². The van der Waals surface area contributed by atoms with E-state index in [1.165, 1.54) is 7.05 Å². The third-order valence-electron chi connectivity index (χ3n) is 2.75. The second kappa shape index (κ2) is 5.62. The van der Waals surface area contributed by atoms with Crippen molar-refractivity contribution in [2.75, 3.05) is 12.4 Å². The van der Waals surface area contributed by atoms with E-state index in [2.05, 4.69) is 4.72 Å². The highest BCUT2D eigenvalue weighted by molar-refractivity contribution is 7.89. The van der Waals surface area contributed by atoms with Gasteiger partial charge in [-0.2, -0.15) is 13.2 Å². The Morgan fingerprint density at radius 1 is 1.19 bits per heavy atom. The highest BCUT2D eigenvalue weighted by Crippen LogP contribution is 2.29. The van der Waals surface area contributed by atoms with Crippen LogP contribution in [0.2, 0.25) is 0 Å². The van der Waals surface area contributed by atoms with Gasteiger partial charge in [-0.25, -0.2) is 13.1 Å². The van der Waals surface area contributed by atoms with Crippen molar-refractivity contribution in [1.82, 2.24) is 4.72 Å². The first kappa shape index (κ1) is 17.4. The van der Waals surface area contributed by atoms with Crippen LogP contribution in [0.5, 0.6) is 0 Å². The minimum atomic E-state index is -4.91. The fourth-order valence-corrected chi connectivity index (χ4v) is 1.96. The molecule has 1 amide bonds. The van der Waals surface area contributed by atoms with E-state index in [0.717, 1.165) is 24.3 Å². The number of nitrogens with one attached hydrogen (secondary N) is 2. The number of nitrogens with two attached hydrogens (primary N) is 1. The fraction of sp³-hybridized carbons (Fsp3) is 0.364. The molecule has 118 valence electrons. The first-order valence-electron chi connectivity index (χ1n) is 5.62. The molecule has 0 aliphatic heterocycles. The molecule has 0 bridgehead atoms. The molecule has 1 aromatic rings. The van der Waals surface area contributed by atoms with E-state index in [9.17, 15) is 26.4 Å². The summed E-state index contributed by atoms with van der Waals surface area (Å²) in [5, 5.41) is 1.99. The van der Waals surface area contributed by atoms with Crippen LogP contribution in [0.1, 0.15) is 6.92 Å². The van der Waals surface area contributed by atoms with E-state index in [0.29, 0.717) is 6.92 Å². The maximum absolute atomic E-state index is 12.6. The van der Waals surface area contributed by atoms with E-state index < -0.39 is 27.6 Å². The van der Waals surface area contributed by atoms with Gasteiger partial charge in [0.2, 0.25) is 10.0 Å². The van der Waals surface area contributed by atoms with Crippen LogP contribution in [0.25, 0.3) is 0 Å². The number of anilines is 1. The summed E-state index contributed by atoms with van der Waals surface area (Å²) in [4.78, 5) is 11.4. The summed E-state index contributed by atoms with van der Waals surface area (Å²) in [7, 11) is -2.45. The number of carbonyl (C=O) groups is 1. The summed E-state index contributed by atoms with van der Waals surface area (Å²) in [5.41, 5.74) is 1.91. The molecule has 0 saturated carbocycles. The number of hydrogen-bond donors (Lipinski definition) is 3. The Labute approximate surface area is 119 Å². The lowest BCUT2D eigenvalue weighted by Crippen LogP contribution is -2.59. The van der Waals surface area contributed by atoms with Gasteiger partial charge in [0, 0.05) is 5.69 Å². The summed E-state index contributed by atoms with van der Waals surface area (Å²) >= 11 is 0. The van der Waals surface area contributed by atoms with Crippen LogP contribution in [0.3, 0.4) is 0 Å². The van der Waals surface area contributed by atoms with Crippen molar-refractivity contribution in [3.63, 3.8) is 0 Å². The number of benzene rings is 1. The first-order chi connectivity index (χ1) is 9.41. The van der Waals surface area contributed by atoms with Crippen LogP contribution < -0.4 is 15.8 Å². The first-order valence-corrected chi connectivity index (χ1v) is 7.11. The van der Waals surface area contributed by atoms with Crippen LogP contribution in [-0.4, -0.2) is 33.1 Å². The van der Waals surface area contributed by atoms with Gasteiger partial charge in [-0.3, -0.25) is 4.79 Å². The van der Waals surface area contributed by atoms with Crippen molar-refractivity contribution < 1.29 is 26.4 Å². The molecule has 1 rings (SSSR count). The topological polar surface area (TPSA) is 101 Å². The number of sulfonamides is 1. The molecule has 1 atom stereocenters. The number of carbonyl (C=O) groups excluding carboxylic acids is 1. The van der Waals surface area contributed by atoms with Crippen molar-refractivity contribution >= 4 is 21.6 Å². The highest BCUT2D eigenvalue weighted by atomic mass is 32.2. The lowest BCUT2D eigenvalue weighted by Gasteiger charge is -2.26. The molecule has 0 aliphatic carbocycles. The smallest absolute Gasteiger partial charge is 0.324 e. The van der Waals surface area contributed by atoms with Crippen molar-refractivity contribution in [3.05, 3.63) is 24.3 Å². The van der Waals surface area contributed by atoms with E-state index in [4.69, 9.17) is 5.73 Å². The molecule has 1 aromatic carbocycles. The Kier molecular flexibility index (Phi) is 4.66. The standard InChI is InChI=1S/C11H14F3N3O3S/c1-10(15,11(12,13)14)9(18)17-7-3-5-8(6-4-7)21(19,20)16-2/h3-6,16H,15H2,1-2H3,(H,17,18). The molecule has 6 nitrogen and oxygen atoms in total. The van der Waals surface area contributed by atoms with Gasteiger partial charge in [-0.1, -0.05) is 0 Å². The second-order valence-corrected chi connectivity index (χ2v) is 6.27. The zero-order valence-corrected chi connectivity index (χ0v) is 12.0. The van der Waals surface area contributed by atoms with Gasteiger partial charge >= 0.3 is 6.18 Å². The summed E-state index contributed by atoms with van der Waals surface area (Å²) < 4.78 is 62.7. The maximum Gasteiger partial charge on any atom is 0.415 e.